The molecule has 174 valence electrons. The Kier molecular flexibility index (Phi) is 6.84. The van der Waals surface area contributed by atoms with Crippen LogP contribution in [0.2, 0.25) is 0 Å². The molecule has 2 heterocycles. The van der Waals surface area contributed by atoms with Crippen molar-refractivity contribution in [1.82, 2.24) is 9.80 Å². The van der Waals surface area contributed by atoms with Crippen LogP contribution in [0.15, 0.2) is 54.1 Å². The van der Waals surface area contributed by atoms with Crippen molar-refractivity contribution in [3.05, 3.63) is 70.8 Å². The largest absolute Gasteiger partial charge is 0.507 e. The molecule has 1 saturated heterocycles. The van der Waals surface area contributed by atoms with Gasteiger partial charge in [0.1, 0.15) is 17.6 Å². The van der Waals surface area contributed by atoms with Gasteiger partial charge in [0.15, 0.2) is 0 Å². The molecule has 2 aromatic carbocycles. The van der Waals surface area contributed by atoms with E-state index >= 15 is 0 Å². The second kappa shape index (κ2) is 9.79. The molecule has 2 atom stereocenters. The van der Waals surface area contributed by atoms with Crippen LogP contribution in [0.3, 0.4) is 0 Å². The molecule has 0 spiro atoms. The van der Waals surface area contributed by atoms with Crippen LogP contribution in [-0.4, -0.2) is 58.9 Å². The predicted molar refractivity (Wildman–Crippen MR) is 128 cm³/mol. The maximum absolute atomic E-state index is 13.2. The monoisotopic (exact) mass is 448 g/mol. The van der Waals surface area contributed by atoms with Crippen molar-refractivity contribution in [3.63, 3.8) is 0 Å². The number of carbonyl (C=O) groups is 2. The lowest BCUT2D eigenvalue weighted by Gasteiger charge is -2.26. The van der Waals surface area contributed by atoms with Gasteiger partial charge in [0.25, 0.3) is 11.7 Å². The number of Topliss-reactive ketones (excluding diaryl/α,β-unsaturated/α-hetero) is 1. The molecular formula is C27H32N2O4. The number of ether oxygens (including phenoxy) is 1. The average Bonchev–Trinajstić information content (AvgIpc) is 3.32. The van der Waals surface area contributed by atoms with Gasteiger partial charge in [-0.25, -0.2) is 0 Å². The number of likely N-dealkylation sites (tertiary alicyclic amines) is 1. The SMILES string of the molecule is CCN(CC)CCCN1C(=O)C(=O)C(=C(O)c2ccc3c(c2)C[C@@H](C)O3)[C@@H]1c1ccccc1. The Hall–Kier alpha value is -3.12. The average molecular weight is 449 g/mol. The molecule has 4 rings (SSSR count). The summed E-state index contributed by atoms with van der Waals surface area (Å²) in [7, 11) is 0. The molecule has 1 amide bonds. The van der Waals surface area contributed by atoms with Crippen molar-refractivity contribution < 1.29 is 19.4 Å². The fraction of sp³-hybridized carbons (Fsp3) is 0.407. The molecule has 2 aromatic rings. The first-order chi connectivity index (χ1) is 15.9. The summed E-state index contributed by atoms with van der Waals surface area (Å²) in [6, 6.07) is 14.3. The molecular weight excluding hydrogens is 416 g/mol. The summed E-state index contributed by atoms with van der Waals surface area (Å²) in [5.74, 6) is -0.510. The summed E-state index contributed by atoms with van der Waals surface area (Å²) in [6.45, 7) is 9.41. The molecule has 0 bridgehead atoms. The molecule has 2 aliphatic rings. The Morgan fingerprint density at radius 2 is 1.85 bits per heavy atom. The summed E-state index contributed by atoms with van der Waals surface area (Å²) in [4.78, 5) is 30.2. The zero-order chi connectivity index (χ0) is 23.5. The molecule has 0 radical (unpaired) electrons. The second-order valence-corrected chi connectivity index (χ2v) is 8.74. The Bertz CT molecular complexity index is 1060. The molecule has 0 aromatic heterocycles. The number of rotatable bonds is 8. The van der Waals surface area contributed by atoms with Crippen LogP contribution < -0.4 is 4.74 Å². The third-order valence-corrected chi connectivity index (χ3v) is 6.59. The highest BCUT2D eigenvalue weighted by molar-refractivity contribution is 6.46. The zero-order valence-corrected chi connectivity index (χ0v) is 19.6. The van der Waals surface area contributed by atoms with Crippen LogP contribution >= 0.6 is 0 Å². The number of aliphatic hydroxyl groups is 1. The van der Waals surface area contributed by atoms with Crippen molar-refractivity contribution in [1.29, 1.82) is 0 Å². The van der Waals surface area contributed by atoms with Gasteiger partial charge >= 0.3 is 0 Å². The van der Waals surface area contributed by atoms with Crippen LogP contribution in [0, 0.1) is 0 Å². The molecule has 1 N–H and O–H groups in total. The molecule has 6 heteroatoms. The first kappa shape index (κ1) is 23.1. The van der Waals surface area contributed by atoms with Crippen molar-refractivity contribution in [2.75, 3.05) is 26.2 Å². The van der Waals surface area contributed by atoms with E-state index in [-0.39, 0.29) is 17.4 Å². The van der Waals surface area contributed by atoms with E-state index in [4.69, 9.17) is 4.74 Å². The third kappa shape index (κ3) is 4.53. The maximum Gasteiger partial charge on any atom is 0.295 e. The lowest BCUT2D eigenvalue weighted by molar-refractivity contribution is -0.140. The lowest BCUT2D eigenvalue weighted by atomic mass is 9.94. The Labute approximate surface area is 195 Å². The summed E-state index contributed by atoms with van der Waals surface area (Å²) < 4.78 is 5.76. The van der Waals surface area contributed by atoms with Crippen LogP contribution in [0.25, 0.3) is 5.76 Å². The van der Waals surface area contributed by atoms with Gasteiger partial charge < -0.3 is 19.6 Å². The van der Waals surface area contributed by atoms with E-state index in [1.807, 2.05) is 49.4 Å². The van der Waals surface area contributed by atoms with Gasteiger partial charge in [0, 0.05) is 18.5 Å². The van der Waals surface area contributed by atoms with E-state index in [0.29, 0.717) is 12.1 Å². The van der Waals surface area contributed by atoms with Gasteiger partial charge in [-0.3, -0.25) is 9.59 Å². The normalized spacial score (nSPS) is 21.5. The number of nitrogens with zero attached hydrogens (tertiary/aromatic N) is 2. The third-order valence-electron chi connectivity index (χ3n) is 6.59. The molecule has 0 saturated carbocycles. The number of hydrogen-bond donors (Lipinski definition) is 1. The van der Waals surface area contributed by atoms with Gasteiger partial charge in [0.05, 0.1) is 11.6 Å². The summed E-state index contributed by atoms with van der Waals surface area (Å²) >= 11 is 0. The highest BCUT2D eigenvalue weighted by Crippen LogP contribution is 2.40. The quantitative estimate of drug-likeness (QED) is 0.373. The number of aliphatic hydroxyl groups excluding tert-OH is 1. The Morgan fingerprint density at radius 1 is 1.12 bits per heavy atom. The van der Waals surface area contributed by atoms with Crippen molar-refractivity contribution >= 4 is 17.4 Å². The zero-order valence-electron chi connectivity index (χ0n) is 19.6. The summed E-state index contributed by atoms with van der Waals surface area (Å²) in [6.07, 6.45) is 1.59. The number of carbonyl (C=O) groups excluding carboxylic acids is 2. The number of ketones is 1. The topological polar surface area (TPSA) is 70.1 Å². The van der Waals surface area contributed by atoms with E-state index < -0.39 is 17.7 Å². The summed E-state index contributed by atoms with van der Waals surface area (Å²) in [5, 5.41) is 11.3. The fourth-order valence-electron chi connectivity index (χ4n) is 4.82. The number of hydrogen-bond acceptors (Lipinski definition) is 5. The Morgan fingerprint density at radius 3 is 2.55 bits per heavy atom. The van der Waals surface area contributed by atoms with Crippen LogP contribution in [0.1, 0.15) is 49.9 Å². The highest BCUT2D eigenvalue weighted by atomic mass is 16.5. The van der Waals surface area contributed by atoms with Gasteiger partial charge in [-0.15, -0.1) is 0 Å². The van der Waals surface area contributed by atoms with Gasteiger partial charge in [-0.1, -0.05) is 44.2 Å². The first-order valence-electron chi connectivity index (χ1n) is 11.8. The lowest BCUT2D eigenvalue weighted by Crippen LogP contribution is -2.33. The summed E-state index contributed by atoms with van der Waals surface area (Å²) in [5.41, 5.74) is 2.50. The number of fused-ring (bicyclic) bond motifs is 1. The smallest absolute Gasteiger partial charge is 0.295 e. The minimum Gasteiger partial charge on any atom is -0.507 e. The molecule has 33 heavy (non-hydrogen) atoms. The highest BCUT2D eigenvalue weighted by Gasteiger charge is 2.45. The van der Waals surface area contributed by atoms with Gasteiger partial charge in [-0.2, -0.15) is 0 Å². The van der Waals surface area contributed by atoms with Crippen LogP contribution in [0.4, 0.5) is 0 Å². The minimum absolute atomic E-state index is 0.0816. The molecule has 6 nitrogen and oxygen atoms in total. The van der Waals surface area contributed by atoms with Crippen molar-refractivity contribution in [2.24, 2.45) is 0 Å². The van der Waals surface area contributed by atoms with Gasteiger partial charge in [0.2, 0.25) is 0 Å². The van der Waals surface area contributed by atoms with Crippen molar-refractivity contribution in [3.8, 4) is 5.75 Å². The fourth-order valence-corrected chi connectivity index (χ4v) is 4.82. The van der Waals surface area contributed by atoms with E-state index in [2.05, 4.69) is 18.7 Å². The van der Waals surface area contributed by atoms with Crippen LogP contribution in [0.5, 0.6) is 5.75 Å². The van der Waals surface area contributed by atoms with E-state index in [0.717, 1.165) is 49.4 Å². The molecule has 2 aliphatic heterocycles. The number of benzene rings is 2. The van der Waals surface area contributed by atoms with Crippen molar-refractivity contribution in [2.45, 2.75) is 45.8 Å². The molecule has 0 unspecified atom stereocenters. The predicted octanol–water partition coefficient (Wildman–Crippen LogP) is 4.16. The first-order valence-corrected chi connectivity index (χ1v) is 11.8. The van der Waals surface area contributed by atoms with E-state index in [9.17, 15) is 14.7 Å². The van der Waals surface area contributed by atoms with E-state index in [1.165, 1.54) is 0 Å². The molecule has 1 fully saturated rings. The van der Waals surface area contributed by atoms with E-state index in [1.54, 1.807) is 11.0 Å². The molecule has 0 aliphatic carbocycles. The number of amides is 1. The maximum atomic E-state index is 13.2. The van der Waals surface area contributed by atoms with Crippen LogP contribution in [-0.2, 0) is 16.0 Å². The second-order valence-electron chi connectivity index (χ2n) is 8.74. The standard InChI is InChI=1S/C27H32N2O4/c1-4-28(5-2)14-9-15-29-24(19-10-7-6-8-11-19)23(26(31)27(29)32)25(30)20-12-13-22-21(17-20)16-18(3)33-22/h6-8,10-13,17-18,24,30H,4-5,9,14-16H2,1-3H3/t18-,24+/m1/s1. The van der Waals surface area contributed by atoms with Gasteiger partial charge in [-0.05, 0) is 62.3 Å². The Balaban J connectivity index is 1.71. The minimum atomic E-state index is -0.630.